The third-order valence-electron chi connectivity index (χ3n) is 4.79. The first-order chi connectivity index (χ1) is 15.8. The smallest absolute Gasteiger partial charge is 0.273 e. The molecule has 0 aliphatic heterocycles. The number of nitrogens with zero attached hydrogens (tertiary/aromatic N) is 2. The van der Waals surface area contributed by atoms with Gasteiger partial charge in [0.25, 0.3) is 11.8 Å². The van der Waals surface area contributed by atoms with E-state index in [0.717, 1.165) is 30.2 Å². The van der Waals surface area contributed by atoms with E-state index in [2.05, 4.69) is 10.9 Å². The van der Waals surface area contributed by atoms with Crippen LogP contribution in [-0.4, -0.2) is 47.7 Å². The first kappa shape index (κ1) is 22.4. The van der Waals surface area contributed by atoms with Crippen LogP contribution in [0.5, 0.6) is 0 Å². The fourth-order valence-corrected chi connectivity index (χ4v) is 5.28. The molecule has 0 fully saturated rings. The van der Waals surface area contributed by atoms with E-state index in [1.54, 1.807) is 12.1 Å². The van der Waals surface area contributed by atoms with Crippen molar-refractivity contribution < 1.29 is 19.2 Å². The Bertz CT molecular complexity index is 1210. The lowest BCUT2D eigenvalue weighted by Gasteiger charge is -2.19. The Morgan fingerprint density at radius 1 is 0.697 bits per heavy atom. The van der Waals surface area contributed by atoms with Gasteiger partial charge in [-0.25, -0.2) is 0 Å². The summed E-state index contributed by atoms with van der Waals surface area (Å²) >= 11 is 2.64. The molecule has 4 aromatic rings. The molecule has 4 rings (SSSR count). The highest BCUT2D eigenvalue weighted by molar-refractivity contribution is 7.21. The van der Waals surface area contributed by atoms with Crippen molar-refractivity contribution in [3.63, 3.8) is 0 Å². The molecule has 2 heterocycles. The van der Waals surface area contributed by atoms with Gasteiger partial charge in [0.1, 0.15) is 6.42 Å². The number of hydrazine groups is 2. The van der Waals surface area contributed by atoms with Crippen LogP contribution >= 0.6 is 22.7 Å². The minimum atomic E-state index is -0.674. The lowest BCUT2D eigenvalue weighted by Crippen LogP contribution is -2.47. The number of hydrogen-bond donors (Lipinski definition) is 2. The molecule has 33 heavy (non-hydrogen) atoms. The summed E-state index contributed by atoms with van der Waals surface area (Å²) in [7, 11) is 2.83. The molecule has 168 valence electrons. The maximum atomic E-state index is 12.6. The molecule has 0 spiro atoms. The number of nitrogens with one attached hydrogen (secondary N) is 2. The van der Waals surface area contributed by atoms with Crippen LogP contribution < -0.4 is 10.9 Å². The molecular weight excluding hydrogens is 460 g/mol. The normalized spacial score (nSPS) is 10.7. The number of carbonyl (C=O) groups is 4. The lowest BCUT2D eigenvalue weighted by molar-refractivity contribution is -0.133. The predicted octanol–water partition coefficient (Wildman–Crippen LogP) is 3.41. The van der Waals surface area contributed by atoms with Crippen molar-refractivity contribution in [1.29, 1.82) is 0 Å². The summed E-state index contributed by atoms with van der Waals surface area (Å²) < 4.78 is 1.93. The van der Waals surface area contributed by atoms with Crippen molar-refractivity contribution in [2.24, 2.45) is 0 Å². The first-order valence-corrected chi connectivity index (χ1v) is 11.6. The van der Waals surface area contributed by atoms with Crippen LogP contribution in [0.1, 0.15) is 25.8 Å². The van der Waals surface area contributed by atoms with Crippen LogP contribution in [0.15, 0.2) is 60.7 Å². The number of thiophene rings is 2. The molecule has 0 aliphatic carbocycles. The second-order valence-electron chi connectivity index (χ2n) is 7.27. The highest BCUT2D eigenvalue weighted by Gasteiger charge is 2.21. The first-order valence-electron chi connectivity index (χ1n) is 9.94. The van der Waals surface area contributed by atoms with E-state index in [1.807, 2.05) is 48.5 Å². The number of hydrogen-bond acceptors (Lipinski definition) is 6. The maximum absolute atomic E-state index is 12.6. The van der Waals surface area contributed by atoms with E-state index < -0.39 is 18.2 Å². The zero-order valence-corrected chi connectivity index (χ0v) is 19.5. The molecule has 4 amide bonds. The Morgan fingerprint density at radius 3 is 1.48 bits per heavy atom. The summed E-state index contributed by atoms with van der Waals surface area (Å²) in [5, 5.41) is 3.98. The molecule has 0 bridgehead atoms. The van der Waals surface area contributed by atoms with Gasteiger partial charge >= 0.3 is 0 Å². The van der Waals surface area contributed by atoms with Gasteiger partial charge < -0.3 is 0 Å². The van der Waals surface area contributed by atoms with Gasteiger partial charge in [-0.15, -0.1) is 22.7 Å². The highest BCUT2D eigenvalue weighted by atomic mass is 32.1. The van der Waals surface area contributed by atoms with E-state index >= 15 is 0 Å². The molecular formula is C23H20N4O4S2. The van der Waals surface area contributed by atoms with E-state index in [4.69, 9.17) is 0 Å². The summed E-state index contributed by atoms with van der Waals surface area (Å²) in [5.74, 6) is -2.12. The number of carbonyl (C=O) groups excluding carboxylic acids is 4. The van der Waals surface area contributed by atoms with E-state index in [0.29, 0.717) is 9.75 Å². The summed E-state index contributed by atoms with van der Waals surface area (Å²) in [6.07, 6.45) is -0.548. The average molecular weight is 481 g/mol. The van der Waals surface area contributed by atoms with Crippen molar-refractivity contribution in [3.8, 4) is 0 Å². The Labute approximate surface area is 197 Å². The van der Waals surface area contributed by atoms with Crippen molar-refractivity contribution in [3.05, 3.63) is 70.4 Å². The number of benzene rings is 2. The van der Waals surface area contributed by atoms with Gasteiger partial charge in [-0.1, -0.05) is 36.4 Å². The second-order valence-corrected chi connectivity index (χ2v) is 9.44. The summed E-state index contributed by atoms with van der Waals surface area (Å²) in [6, 6.07) is 18.7. The van der Waals surface area contributed by atoms with Crippen molar-refractivity contribution in [2.45, 2.75) is 6.42 Å². The van der Waals surface area contributed by atoms with Gasteiger partial charge in [0.2, 0.25) is 11.8 Å². The molecule has 0 aliphatic rings. The third kappa shape index (κ3) is 5.02. The minimum Gasteiger partial charge on any atom is -0.273 e. The van der Waals surface area contributed by atoms with Crippen molar-refractivity contribution in [2.75, 3.05) is 14.1 Å². The molecule has 0 unspecified atom stereocenters. The molecule has 2 aromatic carbocycles. The molecule has 8 nitrogen and oxygen atoms in total. The SMILES string of the molecule is CN(NC(=O)CC(=O)NN(C)C(=O)c1cc2ccccc2s1)C(=O)c1cc2ccccc2s1. The average Bonchev–Trinajstić information content (AvgIpc) is 3.41. The monoisotopic (exact) mass is 480 g/mol. The Kier molecular flexibility index (Phi) is 6.38. The zero-order chi connectivity index (χ0) is 23.5. The predicted molar refractivity (Wildman–Crippen MR) is 129 cm³/mol. The Balaban J connectivity index is 1.30. The number of fused-ring (bicyclic) bond motifs is 2. The number of amides is 4. The van der Waals surface area contributed by atoms with Gasteiger partial charge in [-0.2, -0.15) is 0 Å². The van der Waals surface area contributed by atoms with E-state index in [-0.39, 0.29) is 11.8 Å². The van der Waals surface area contributed by atoms with Crippen LogP contribution in [0.3, 0.4) is 0 Å². The molecule has 2 aromatic heterocycles. The second kappa shape index (κ2) is 9.39. The largest absolute Gasteiger partial charge is 0.282 e. The molecule has 0 atom stereocenters. The highest BCUT2D eigenvalue weighted by Crippen LogP contribution is 2.26. The van der Waals surface area contributed by atoms with Crippen LogP contribution in [-0.2, 0) is 9.59 Å². The van der Waals surface area contributed by atoms with Gasteiger partial charge in [0, 0.05) is 23.5 Å². The fourth-order valence-electron chi connectivity index (χ4n) is 3.21. The van der Waals surface area contributed by atoms with Crippen molar-refractivity contribution in [1.82, 2.24) is 20.9 Å². The quantitative estimate of drug-likeness (QED) is 0.345. The van der Waals surface area contributed by atoms with Crippen LogP contribution in [0.4, 0.5) is 0 Å². The topological polar surface area (TPSA) is 98.8 Å². The Morgan fingerprint density at radius 2 is 1.09 bits per heavy atom. The molecule has 0 radical (unpaired) electrons. The van der Waals surface area contributed by atoms with E-state index in [9.17, 15) is 19.2 Å². The molecule has 0 saturated carbocycles. The molecule has 0 saturated heterocycles. The Hall–Kier alpha value is -3.76. The molecule has 10 heteroatoms. The standard InChI is InChI=1S/C23H20N4O4S2/c1-26(22(30)18-11-14-7-3-5-9-16(14)32-18)24-20(28)13-21(29)25-27(2)23(31)19-12-15-8-4-6-10-17(15)33-19/h3-12H,13H2,1-2H3,(H,24,28)(H,25,29). The number of rotatable bonds is 4. The summed E-state index contributed by atoms with van der Waals surface area (Å²) in [4.78, 5) is 50.6. The fraction of sp³-hybridized carbons (Fsp3) is 0.130. The van der Waals surface area contributed by atoms with Crippen LogP contribution in [0.25, 0.3) is 20.2 Å². The third-order valence-corrected chi connectivity index (χ3v) is 7.00. The minimum absolute atomic E-state index is 0.387. The van der Waals surface area contributed by atoms with Crippen LogP contribution in [0.2, 0.25) is 0 Å². The summed E-state index contributed by atoms with van der Waals surface area (Å²) in [6.45, 7) is 0. The zero-order valence-electron chi connectivity index (χ0n) is 17.8. The van der Waals surface area contributed by atoms with Gasteiger partial charge in [-0.3, -0.25) is 40.0 Å². The maximum Gasteiger partial charge on any atom is 0.282 e. The molecule has 2 N–H and O–H groups in total. The van der Waals surface area contributed by atoms with Gasteiger partial charge in [0.05, 0.1) is 9.75 Å². The van der Waals surface area contributed by atoms with E-state index in [1.165, 1.54) is 36.8 Å². The lowest BCUT2D eigenvalue weighted by atomic mass is 10.2. The summed E-state index contributed by atoms with van der Waals surface area (Å²) in [5.41, 5.74) is 4.79. The van der Waals surface area contributed by atoms with Crippen molar-refractivity contribution >= 4 is 66.5 Å². The van der Waals surface area contributed by atoms with Gasteiger partial charge in [0.15, 0.2) is 0 Å². The van der Waals surface area contributed by atoms with Gasteiger partial charge in [-0.05, 0) is 35.0 Å². The van der Waals surface area contributed by atoms with Crippen LogP contribution in [0, 0.1) is 0 Å².